The van der Waals surface area contributed by atoms with Gasteiger partial charge in [0, 0.05) is 6.04 Å². The van der Waals surface area contributed by atoms with Crippen LogP contribution in [0.2, 0.25) is 0 Å². The van der Waals surface area contributed by atoms with Crippen molar-refractivity contribution < 1.29 is 4.74 Å². The van der Waals surface area contributed by atoms with E-state index in [1.165, 1.54) is 16.7 Å². The van der Waals surface area contributed by atoms with Gasteiger partial charge in [0.2, 0.25) is 0 Å². The minimum atomic E-state index is 0.0776. The molecule has 2 heteroatoms. The molecule has 0 bridgehead atoms. The highest BCUT2D eigenvalue weighted by atomic mass is 16.5. The molecule has 0 saturated carbocycles. The summed E-state index contributed by atoms with van der Waals surface area (Å²) in [5.74, 6) is 1.52. The van der Waals surface area contributed by atoms with Crippen LogP contribution in [-0.4, -0.2) is 6.61 Å². The lowest BCUT2D eigenvalue weighted by atomic mass is 9.74. The summed E-state index contributed by atoms with van der Waals surface area (Å²) in [6, 6.07) is 16.9. The third kappa shape index (κ3) is 2.56. The Morgan fingerprint density at radius 3 is 2.85 bits per heavy atom. The van der Waals surface area contributed by atoms with E-state index in [2.05, 4.69) is 36.4 Å². The highest BCUT2D eigenvalue weighted by molar-refractivity contribution is 5.40. The number of hydrogen-bond acceptors (Lipinski definition) is 2. The van der Waals surface area contributed by atoms with E-state index in [0.29, 0.717) is 12.5 Å². The Balaban J connectivity index is 1.68. The molecule has 2 atom stereocenters. The third-order valence-electron chi connectivity index (χ3n) is 4.10. The number of ether oxygens (including phenoxy) is 1. The zero-order chi connectivity index (χ0) is 13.9. The zero-order valence-corrected chi connectivity index (χ0v) is 11.9. The SMILES string of the molecule is CCOc1cccc(C(N)CC2Cc3ccccc32)c1. The average molecular weight is 267 g/mol. The van der Waals surface area contributed by atoms with E-state index in [1.54, 1.807) is 0 Å². The van der Waals surface area contributed by atoms with Crippen molar-refractivity contribution in [2.75, 3.05) is 6.61 Å². The summed E-state index contributed by atoms with van der Waals surface area (Å²) in [7, 11) is 0. The van der Waals surface area contributed by atoms with Gasteiger partial charge in [-0.3, -0.25) is 0 Å². The first-order valence-corrected chi connectivity index (χ1v) is 7.34. The number of hydrogen-bond donors (Lipinski definition) is 1. The quantitative estimate of drug-likeness (QED) is 0.894. The van der Waals surface area contributed by atoms with Crippen molar-refractivity contribution in [1.82, 2.24) is 0 Å². The molecule has 0 radical (unpaired) electrons. The highest BCUT2D eigenvalue weighted by Crippen LogP contribution is 2.40. The normalized spacial score (nSPS) is 18.0. The predicted molar refractivity (Wildman–Crippen MR) is 82.0 cm³/mol. The van der Waals surface area contributed by atoms with Gasteiger partial charge in [0.15, 0.2) is 0 Å². The number of rotatable bonds is 5. The van der Waals surface area contributed by atoms with Gasteiger partial charge >= 0.3 is 0 Å². The third-order valence-corrected chi connectivity index (χ3v) is 4.10. The van der Waals surface area contributed by atoms with E-state index in [9.17, 15) is 0 Å². The van der Waals surface area contributed by atoms with Crippen LogP contribution in [0.5, 0.6) is 5.75 Å². The summed E-state index contributed by atoms with van der Waals surface area (Å²) >= 11 is 0. The van der Waals surface area contributed by atoms with Crippen LogP contribution in [0.1, 0.15) is 42.0 Å². The Morgan fingerprint density at radius 1 is 1.20 bits per heavy atom. The second-order valence-electron chi connectivity index (χ2n) is 5.45. The van der Waals surface area contributed by atoms with E-state index in [4.69, 9.17) is 10.5 Å². The molecular weight excluding hydrogens is 246 g/mol. The Hall–Kier alpha value is -1.80. The van der Waals surface area contributed by atoms with E-state index in [-0.39, 0.29) is 6.04 Å². The van der Waals surface area contributed by atoms with Crippen molar-refractivity contribution in [3.63, 3.8) is 0 Å². The molecule has 2 N–H and O–H groups in total. The number of benzene rings is 2. The largest absolute Gasteiger partial charge is 0.494 e. The first kappa shape index (κ1) is 13.2. The van der Waals surface area contributed by atoms with Crippen molar-refractivity contribution in [1.29, 1.82) is 0 Å². The van der Waals surface area contributed by atoms with E-state index < -0.39 is 0 Å². The molecule has 0 amide bonds. The van der Waals surface area contributed by atoms with Crippen LogP contribution in [0.15, 0.2) is 48.5 Å². The summed E-state index contributed by atoms with van der Waals surface area (Å²) in [4.78, 5) is 0. The van der Waals surface area contributed by atoms with Crippen molar-refractivity contribution in [2.45, 2.75) is 31.7 Å². The summed E-state index contributed by atoms with van der Waals surface area (Å²) in [5.41, 5.74) is 10.5. The second-order valence-corrected chi connectivity index (χ2v) is 5.45. The molecule has 0 aliphatic heterocycles. The van der Waals surface area contributed by atoms with Gasteiger partial charge in [0.25, 0.3) is 0 Å². The van der Waals surface area contributed by atoms with Gasteiger partial charge in [0.1, 0.15) is 5.75 Å². The lowest BCUT2D eigenvalue weighted by Crippen LogP contribution is -2.22. The highest BCUT2D eigenvalue weighted by Gasteiger charge is 2.27. The van der Waals surface area contributed by atoms with Crippen LogP contribution in [-0.2, 0) is 6.42 Å². The molecule has 20 heavy (non-hydrogen) atoms. The van der Waals surface area contributed by atoms with Crippen LogP contribution >= 0.6 is 0 Å². The molecule has 1 aliphatic carbocycles. The van der Waals surface area contributed by atoms with Crippen molar-refractivity contribution in [2.24, 2.45) is 5.73 Å². The summed E-state index contributed by atoms with van der Waals surface area (Å²) in [5, 5.41) is 0. The van der Waals surface area contributed by atoms with Gasteiger partial charge in [0.05, 0.1) is 6.61 Å². The fourth-order valence-electron chi connectivity index (χ4n) is 3.02. The molecule has 104 valence electrons. The zero-order valence-electron chi connectivity index (χ0n) is 11.9. The molecule has 0 saturated heterocycles. The van der Waals surface area contributed by atoms with Crippen molar-refractivity contribution >= 4 is 0 Å². The first-order chi connectivity index (χ1) is 9.78. The summed E-state index contributed by atoms with van der Waals surface area (Å²) in [6.45, 7) is 2.69. The predicted octanol–water partition coefficient (Wildman–Crippen LogP) is 3.82. The van der Waals surface area contributed by atoms with Crippen LogP contribution < -0.4 is 10.5 Å². The topological polar surface area (TPSA) is 35.2 Å². The molecule has 1 aliphatic rings. The molecule has 2 aromatic rings. The van der Waals surface area contributed by atoms with Crippen LogP contribution in [0.25, 0.3) is 0 Å². The van der Waals surface area contributed by atoms with E-state index in [0.717, 1.165) is 18.6 Å². The molecule has 2 unspecified atom stereocenters. The lowest BCUT2D eigenvalue weighted by Gasteiger charge is -2.32. The van der Waals surface area contributed by atoms with Crippen LogP contribution in [0.4, 0.5) is 0 Å². The van der Waals surface area contributed by atoms with Crippen LogP contribution in [0.3, 0.4) is 0 Å². The lowest BCUT2D eigenvalue weighted by molar-refractivity contribution is 0.339. The van der Waals surface area contributed by atoms with Gasteiger partial charge in [-0.1, -0.05) is 36.4 Å². The molecule has 2 aromatic carbocycles. The smallest absolute Gasteiger partial charge is 0.119 e. The fraction of sp³-hybridized carbons (Fsp3) is 0.333. The summed E-state index contributed by atoms with van der Waals surface area (Å²) in [6.07, 6.45) is 2.17. The maximum absolute atomic E-state index is 6.37. The van der Waals surface area contributed by atoms with E-state index in [1.807, 2.05) is 19.1 Å². The minimum Gasteiger partial charge on any atom is -0.494 e. The Morgan fingerprint density at radius 2 is 2.05 bits per heavy atom. The molecule has 0 aromatic heterocycles. The Labute approximate surface area is 120 Å². The summed E-state index contributed by atoms with van der Waals surface area (Å²) < 4.78 is 5.54. The van der Waals surface area contributed by atoms with Gasteiger partial charge in [-0.15, -0.1) is 0 Å². The van der Waals surface area contributed by atoms with Crippen LogP contribution in [0, 0.1) is 0 Å². The van der Waals surface area contributed by atoms with Gasteiger partial charge in [-0.25, -0.2) is 0 Å². The molecule has 0 spiro atoms. The van der Waals surface area contributed by atoms with Gasteiger partial charge < -0.3 is 10.5 Å². The Kier molecular flexibility index (Phi) is 3.75. The van der Waals surface area contributed by atoms with E-state index >= 15 is 0 Å². The first-order valence-electron chi connectivity index (χ1n) is 7.34. The second kappa shape index (κ2) is 5.68. The number of nitrogens with two attached hydrogens (primary N) is 1. The average Bonchev–Trinajstić information content (AvgIpc) is 2.45. The monoisotopic (exact) mass is 267 g/mol. The molecule has 0 fully saturated rings. The molecule has 0 heterocycles. The standard InChI is InChI=1S/C18H21NO/c1-2-20-16-8-5-7-14(11-16)18(19)12-15-10-13-6-3-4-9-17(13)15/h3-9,11,15,18H,2,10,12,19H2,1H3. The molecular formula is C18H21NO. The maximum Gasteiger partial charge on any atom is 0.119 e. The Bertz CT molecular complexity index is 593. The van der Waals surface area contributed by atoms with Gasteiger partial charge in [-0.2, -0.15) is 0 Å². The minimum absolute atomic E-state index is 0.0776. The number of fused-ring (bicyclic) bond motifs is 1. The fourth-order valence-corrected chi connectivity index (χ4v) is 3.02. The van der Waals surface area contributed by atoms with Crippen molar-refractivity contribution in [3.05, 3.63) is 65.2 Å². The van der Waals surface area contributed by atoms with Gasteiger partial charge in [-0.05, 0) is 54.5 Å². The molecule has 2 nitrogen and oxygen atoms in total. The molecule has 3 rings (SSSR count). The maximum atomic E-state index is 6.37. The van der Waals surface area contributed by atoms with Crippen molar-refractivity contribution in [3.8, 4) is 5.75 Å².